The number of halogens is 1. The first-order chi connectivity index (χ1) is 12.9. The molecule has 1 unspecified atom stereocenters. The Hall–Kier alpha value is -2.54. The second kappa shape index (κ2) is 7.60. The van der Waals surface area contributed by atoms with Crippen LogP contribution in [0.2, 0.25) is 0 Å². The molecule has 0 aliphatic heterocycles. The quantitative estimate of drug-likeness (QED) is 0.608. The minimum Gasteiger partial charge on any atom is -0.464 e. The summed E-state index contributed by atoms with van der Waals surface area (Å²) in [7, 11) is 0. The van der Waals surface area contributed by atoms with Crippen LogP contribution >= 0.6 is 11.3 Å². The molecule has 27 heavy (non-hydrogen) atoms. The maximum Gasteiger partial charge on any atom is 0.329 e. The summed E-state index contributed by atoms with van der Waals surface area (Å²) in [6.07, 6.45) is 0.418. The number of hydrogen-bond donors (Lipinski definition) is 0. The van der Waals surface area contributed by atoms with Crippen LogP contribution < -0.4 is 5.56 Å². The van der Waals surface area contributed by atoms with Crippen molar-refractivity contribution in [2.75, 3.05) is 6.61 Å². The Morgan fingerprint density at radius 1 is 1.26 bits per heavy atom. The third-order valence-corrected chi connectivity index (χ3v) is 5.50. The Morgan fingerprint density at radius 2 is 1.93 bits per heavy atom. The van der Waals surface area contributed by atoms with Gasteiger partial charge in [0.2, 0.25) is 0 Å². The van der Waals surface area contributed by atoms with Gasteiger partial charge in [0.1, 0.15) is 22.5 Å². The first-order valence-corrected chi connectivity index (χ1v) is 9.65. The minimum absolute atomic E-state index is 0.247. The predicted molar refractivity (Wildman–Crippen MR) is 105 cm³/mol. The second-order valence-electron chi connectivity index (χ2n) is 6.23. The third kappa shape index (κ3) is 3.39. The molecule has 0 radical (unpaired) electrons. The molecule has 1 atom stereocenters. The minimum atomic E-state index is -0.726. The molecule has 0 aliphatic rings. The number of nitrogens with zero attached hydrogens (tertiary/aromatic N) is 2. The number of hydrogen-bond acceptors (Lipinski definition) is 5. The monoisotopic (exact) mass is 388 g/mol. The van der Waals surface area contributed by atoms with E-state index < -0.39 is 12.0 Å². The Bertz CT molecular complexity index is 1050. The van der Waals surface area contributed by atoms with E-state index in [9.17, 15) is 14.0 Å². The molecule has 7 heteroatoms. The number of ether oxygens (including phenoxy) is 1. The fourth-order valence-corrected chi connectivity index (χ4v) is 4.38. The summed E-state index contributed by atoms with van der Waals surface area (Å²) >= 11 is 1.42. The average Bonchev–Trinajstić information content (AvgIpc) is 2.95. The van der Waals surface area contributed by atoms with Gasteiger partial charge in [-0.1, -0.05) is 19.1 Å². The number of thiophene rings is 1. The second-order valence-corrected chi connectivity index (χ2v) is 7.43. The molecule has 0 aliphatic carbocycles. The van der Waals surface area contributed by atoms with E-state index in [-0.39, 0.29) is 18.0 Å². The molecule has 0 saturated heterocycles. The smallest absolute Gasteiger partial charge is 0.329 e. The highest BCUT2D eigenvalue weighted by atomic mass is 32.1. The Kier molecular flexibility index (Phi) is 5.41. The van der Waals surface area contributed by atoms with Gasteiger partial charge in [0.15, 0.2) is 0 Å². The number of aryl methyl sites for hydroxylation is 2. The largest absolute Gasteiger partial charge is 0.464 e. The zero-order chi connectivity index (χ0) is 19.7. The van der Waals surface area contributed by atoms with E-state index in [4.69, 9.17) is 4.74 Å². The van der Waals surface area contributed by atoms with Gasteiger partial charge in [0, 0.05) is 10.4 Å². The summed E-state index contributed by atoms with van der Waals surface area (Å²) in [4.78, 5) is 31.9. The van der Waals surface area contributed by atoms with Gasteiger partial charge in [0.25, 0.3) is 5.56 Å². The van der Waals surface area contributed by atoms with E-state index in [0.717, 1.165) is 16.0 Å². The van der Waals surface area contributed by atoms with Crippen LogP contribution in [0.25, 0.3) is 21.3 Å². The van der Waals surface area contributed by atoms with Crippen LogP contribution in [0.4, 0.5) is 4.39 Å². The van der Waals surface area contributed by atoms with Crippen LogP contribution in [0.5, 0.6) is 0 Å². The molecule has 0 spiro atoms. The molecule has 3 rings (SSSR count). The fraction of sp³-hybridized carbons (Fsp3) is 0.350. The maximum absolute atomic E-state index is 13.4. The Balaban J connectivity index is 2.29. The molecule has 2 heterocycles. The lowest BCUT2D eigenvalue weighted by Crippen LogP contribution is -2.33. The molecule has 0 bridgehead atoms. The number of esters is 1. The predicted octanol–water partition coefficient (Wildman–Crippen LogP) is 4.40. The molecular weight excluding hydrogens is 367 g/mol. The van der Waals surface area contributed by atoms with Crippen molar-refractivity contribution >= 4 is 27.5 Å². The van der Waals surface area contributed by atoms with Gasteiger partial charge in [-0.05, 0) is 44.9 Å². The van der Waals surface area contributed by atoms with Gasteiger partial charge < -0.3 is 4.74 Å². The number of carbonyl (C=O) groups is 1. The number of aromatic nitrogens is 2. The maximum atomic E-state index is 13.4. The van der Waals surface area contributed by atoms with E-state index in [1.54, 1.807) is 26.0 Å². The summed E-state index contributed by atoms with van der Waals surface area (Å²) < 4.78 is 19.9. The Morgan fingerprint density at radius 3 is 2.52 bits per heavy atom. The van der Waals surface area contributed by atoms with Gasteiger partial charge in [-0.3, -0.25) is 9.36 Å². The molecule has 3 aromatic rings. The molecule has 1 aromatic carbocycles. The van der Waals surface area contributed by atoms with Crippen molar-refractivity contribution < 1.29 is 13.9 Å². The van der Waals surface area contributed by atoms with Crippen LogP contribution in [0.15, 0.2) is 29.1 Å². The summed E-state index contributed by atoms with van der Waals surface area (Å²) in [5.41, 5.74) is 1.21. The number of rotatable bonds is 5. The summed E-state index contributed by atoms with van der Waals surface area (Å²) in [6.45, 7) is 7.44. The molecular formula is C20H21FN2O3S. The molecule has 0 N–H and O–H groups in total. The summed E-state index contributed by atoms with van der Waals surface area (Å²) in [5.74, 6) is -0.309. The highest BCUT2D eigenvalue weighted by Gasteiger charge is 2.26. The first-order valence-electron chi connectivity index (χ1n) is 8.83. The van der Waals surface area contributed by atoms with Crippen LogP contribution in [0.1, 0.15) is 37.0 Å². The summed E-state index contributed by atoms with van der Waals surface area (Å²) in [6, 6.07) is 5.31. The number of benzene rings is 1. The zero-order valence-corrected chi connectivity index (χ0v) is 16.5. The first kappa shape index (κ1) is 19.2. The highest BCUT2D eigenvalue weighted by Crippen LogP contribution is 2.36. The van der Waals surface area contributed by atoms with Crippen molar-refractivity contribution in [2.24, 2.45) is 0 Å². The van der Waals surface area contributed by atoms with Crippen molar-refractivity contribution in [3.63, 3.8) is 0 Å². The normalized spacial score (nSPS) is 12.3. The SMILES string of the molecule is CCOC(=O)C(CC)n1c(C)nc2sc(C)c(-c3ccc(F)cc3)c2c1=O. The lowest BCUT2D eigenvalue weighted by molar-refractivity contribution is -0.147. The van der Waals surface area contributed by atoms with E-state index in [0.29, 0.717) is 22.5 Å². The van der Waals surface area contributed by atoms with Crippen molar-refractivity contribution in [1.82, 2.24) is 9.55 Å². The Labute approximate surface area is 160 Å². The van der Waals surface area contributed by atoms with Crippen LogP contribution in [0, 0.1) is 19.7 Å². The number of fused-ring (bicyclic) bond motifs is 1. The van der Waals surface area contributed by atoms with Crippen molar-refractivity contribution in [3.05, 3.63) is 51.1 Å². The van der Waals surface area contributed by atoms with Crippen molar-refractivity contribution in [2.45, 2.75) is 40.2 Å². The van der Waals surface area contributed by atoms with Gasteiger partial charge >= 0.3 is 5.97 Å². The molecule has 0 fully saturated rings. The van der Waals surface area contributed by atoms with Gasteiger partial charge in [0.05, 0.1) is 12.0 Å². The highest BCUT2D eigenvalue weighted by molar-refractivity contribution is 7.19. The van der Waals surface area contributed by atoms with E-state index in [1.165, 1.54) is 28.0 Å². The van der Waals surface area contributed by atoms with Crippen LogP contribution in [-0.4, -0.2) is 22.1 Å². The van der Waals surface area contributed by atoms with Crippen molar-refractivity contribution in [1.29, 1.82) is 0 Å². The molecule has 2 aromatic heterocycles. The number of carbonyl (C=O) groups excluding carboxylic acids is 1. The van der Waals surface area contributed by atoms with Gasteiger partial charge in [-0.15, -0.1) is 11.3 Å². The van der Waals surface area contributed by atoms with Crippen LogP contribution in [-0.2, 0) is 9.53 Å². The topological polar surface area (TPSA) is 61.2 Å². The molecule has 142 valence electrons. The van der Waals surface area contributed by atoms with E-state index >= 15 is 0 Å². The standard InChI is InChI=1S/C20H21FN2O3S/c1-5-15(20(25)26-6-2)23-12(4)22-18-17(19(23)24)16(11(3)27-18)13-7-9-14(21)10-8-13/h7-10,15H,5-6H2,1-4H3. The third-order valence-electron chi connectivity index (χ3n) is 4.50. The fourth-order valence-electron chi connectivity index (χ4n) is 3.30. The molecule has 0 saturated carbocycles. The zero-order valence-electron chi connectivity index (χ0n) is 15.7. The average molecular weight is 388 g/mol. The van der Waals surface area contributed by atoms with Crippen molar-refractivity contribution in [3.8, 4) is 11.1 Å². The van der Waals surface area contributed by atoms with Gasteiger partial charge in [-0.2, -0.15) is 0 Å². The molecule has 5 nitrogen and oxygen atoms in total. The molecule has 0 amide bonds. The van der Waals surface area contributed by atoms with Gasteiger partial charge in [-0.25, -0.2) is 14.2 Å². The lowest BCUT2D eigenvalue weighted by Gasteiger charge is -2.19. The summed E-state index contributed by atoms with van der Waals surface area (Å²) in [5, 5.41) is 0.456. The lowest BCUT2D eigenvalue weighted by atomic mass is 10.0. The van der Waals surface area contributed by atoms with Crippen LogP contribution in [0.3, 0.4) is 0 Å². The van der Waals surface area contributed by atoms with E-state index in [2.05, 4.69) is 4.98 Å². The van der Waals surface area contributed by atoms with E-state index in [1.807, 2.05) is 13.8 Å².